The first kappa shape index (κ1) is 21.7. The van der Waals surface area contributed by atoms with Crippen LogP contribution in [0.25, 0.3) is 16.6 Å². The Morgan fingerprint density at radius 2 is 1.91 bits per heavy atom. The Bertz CT molecular complexity index is 1470. The number of nitrogens with one attached hydrogen (secondary N) is 1. The number of rotatable bonds is 5. The van der Waals surface area contributed by atoms with Crippen molar-refractivity contribution in [3.8, 4) is 11.4 Å². The molecule has 1 atom stereocenters. The highest BCUT2D eigenvalue weighted by molar-refractivity contribution is 7.13. The number of carbonyl (C=O) groups is 1. The molecule has 0 saturated heterocycles. The molecule has 2 heterocycles. The zero-order valence-corrected chi connectivity index (χ0v) is 17.8. The van der Waals surface area contributed by atoms with Gasteiger partial charge in [0.05, 0.1) is 27.2 Å². The zero-order valence-electron chi connectivity index (χ0n) is 16.2. The average molecular weight is 479 g/mol. The van der Waals surface area contributed by atoms with E-state index in [2.05, 4.69) is 4.98 Å². The zero-order chi connectivity index (χ0) is 23.2. The first-order chi connectivity index (χ1) is 15.2. The van der Waals surface area contributed by atoms with Gasteiger partial charge in [0.15, 0.2) is 0 Å². The molecule has 7 nitrogen and oxygen atoms in total. The van der Waals surface area contributed by atoms with Crippen LogP contribution in [0.4, 0.5) is 8.78 Å². The number of aromatic amines is 1. The second-order valence-corrected chi connectivity index (χ2v) is 8.02. The van der Waals surface area contributed by atoms with Gasteiger partial charge < -0.3 is 14.8 Å². The van der Waals surface area contributed by atoms with Gasteiger partial charge in [-0.1, -0.05) is 17.7 Å². The summed E-state index contributed by atoms with van der Waals surface area (Å²) in [4.78, 5) is 39.3. The molecule has 2 aromatic carbocycles. The van der Waals surface area contributed by atoms with Crippen molar-refractivity contribution < 1.29 is 23.4 Å². The number of aromatic carboxylic acids is 1. The van der Waals surface area contributed by atoms with E-state index in [4.69, 9.17) is 16.3 Å². The Kier molecular flexibility index (Phi) is 5.57. The Labute approximate surface area is 187 Å². The largest absolute Gasteiger partial charge is 0.486 e. The number of halogens is 3. The van der Waals surface area contributed by atoms with Crippen LogP contribution in [0.5, 0.6) is 5.75 Å². The summed E-state index contributed by atoms with van der Waals surface area (Å²) in [7, 11) is 0. The summed E-state index contributed by atoms with van der Waals surface area (Å²) in [6.45, 7) is 1.44. The number of fused-ring (bicyclic) bond motifs is 1. The molecule has 0 aliphatic heterocycles. The highest BCUT2D eigenvalue weighted by Crippen LogP contribution is 2.30. The minimum Gasteiger partial charge on any atom is -0.486 e. The molecule has 0 fully saturated rings. The van der Waals surface area contributed by atoms with Crippen LogP contribution in [0.15, 0.2) is 51.4 Å². The summed E-state index contributed by atoms with van der Waals surface area (Å²) in [6.07, 6.45) is -1.04. The molecular formula is C21H13ClF2N2O5S. The van der Waals surface area contributed by atoms with Crippen molar-refractivity contribution in [2.75, 3.05) is 0 Å². The topological polar surface area (TPSA) is 101 Å². The third kappa shape index (κ3) is 3.67. The molecule has 32 heavy (non-hydrogen) atoms. The Hall–Kier alpha value is -3.50. The van der Waals surface area contributed by atoms with E-state index in [1.165, 1.54) is 36.6 Å². The monoisotopic (exact) mass is 478 g/mol. The van der Waals surface area contributed by atoms with Gasteiger partial charge in [-0.15, -0.1) is 11.3 Å². The average Bonchev–Trinajstić information content (AvgIpc) is 3.14. The van der Waals surface area contributed by atoms with E-state index in [1.807, 2.05) is 0 Å². The van der Waals surface area contributed by atoms with E-state index >= 15 is 0 Å². The second kappa shape index (κ2) is 8.21. The molecule has 0 aliphatic carbocycles. The molecule has 1 unspecified atom stereocenters. The van der Waals surface area contributed by atoms with E-state index in [0.29, 0.717) is 4.57 Å². The number of hydrogen-bond acceptors (Lipinski definition) is 5. The predicted molar refractivity (Wildman–Crippen MR) is 115 cm³/mol. The van der Waals surface area contributed by atoms with E-state index in [-0.39, 0.29) is 37.8 Å². The molecule has 0 aliphatic rings. The Morgan fingerprint density at radius 3 is 2.56 bits per heavy atom. The molecule has 2 N–H and O–H groups in total. The molecule has 0 saturated carbocycles. The third-order valence-corrected chi connectivity index (χ3v) is 6.01. The first-order valence-electron chi connectivity index (χ1n) is 9.09. The number of ether oxygens (including phenoxy) is 1. The lowest BCUT2D eigenvalue weighted by molar-refractivity contribution is 0.0704. The smallest absolute Gasteiger partial charge is 0.346 e. The molecule has 0 amide bonds. The maximum absolute atomic E-state index is 14.1. The van der Waals surface area contributed by atoms with Crippen LogP contribution >= 0.6 is 22.9 Å². The molecule has 11 heteroatoms. The lowest BCUT2D eigenvalue weighted by Gasteiger charge is -2.17. The van der Waals surface area contributed by atoms with Gasteiger partial charge in [0.2, 0.25) is 0 Å². The summed E-state index contributed by atoms with van der Waals surface area (Å²) in [5.74, 6) is -2.81. The van der Waals surface area contributed by atoms with E-state index < -0.39 is 35.0 Å². The number of carboxylic acid groups (broad SMARTS) is 1. The highest BCUT2D eigenvalue weighted by Gasteiger charge is 2.21. The molecule has 2 aromatic heterocycles. The summed E-state index contributed by atoms with van der Waals surface area (Å²) < 4.78 is 34.4. The molecular weight excluding hydrogens is 466 g/mol. The quantitative estimate of drug-likeness (QED) is 0.439. The fourth-order valence-corrected chi connectivity index (χ4v) is 4.34. The van der Waals surface area contributed by atoms with Gasteiger partial charge in [-0.05, 0) is 31.2 Å². The van der Waals surface area contributed by atoms with Crippen molar-refractivity contribution in [3.63, 3.8) is 0 Å². The van der Waals surface area contributed by atoms with E-state index in [9.17, 15) is 28.3 Å². The number of hydrogen-bond donors (Lipinski definition) is 2. The minimum absolute atomic E-state index is 0.00105. The molecule has 4 aromatic rings. The molecule has 164 valence electrons. The number of H-pyrrole nitrogens is 1. The lowest BCUT2D eigenvalue weighted by Crippen LogP contribution is -2.34. The number of nitrogens with zero attached hydrogens (tertiary/aromatic N) is 1. The number of aromatic nitrogens is 2. The van der Waals surface area contributed by atoms with Crippen molar-refractivity contribution in [3.05, 3.63) is 89.7 Å². The van der Waals surface area contributed by atoms with Crippen LogP contribution < -0.4 is 16.0 Å². The van der Waals surface area contributed by atoms with Crippen molar-refractivity contribution >= 4 is 39.8 Å². The summed E-state index contributed by atoms with van der Waals surface area (Å²) in [5, 5.41) is 10.5. The molecule has 0 bridgehead atoms. The summed E-state index contributed by atoms with van der Waals surface area (Å²) in [6, 6.07) is 7.44. The van der Waals surface area contributed by atoms with Crippen LogP contribution in [0.1, 0.15) is 28.3 Å². The van der Waals surface area contributed by atoms with E-state index in [1.54, 1.807) is 0 Å². The fourth-order valence-electron chi connectivity index (χ4n) is 3.31. The van der Waals surface area contributed by atoms with Gasteiger partial charge in [-0.3, -0.25) is 4.79 Å². The maximum atomic E-state index is 14.1. The van der Waals surface area contributed by atoms with Crippen molar-refractivity contribution in [1.29, 1.82) is 0 Å². The molecule has 0 radical (unpaired) electrons. The summed E-state index contributed by atoms with van der Waals surface area (Å²) >= 11 is 7.01. The number of carboxylic acids is 1. The normalized spacial score (nSPS) is 12.1. The molecule has 4 rings (SSSR count). The van der Waals surface area contributed by atoms with Crippen LogP contribution in [-0.4, -0.2) is 20.6 Å². The van der Waals surface area contributed by atoms with Crippen molar-refractivity contribution in [2.24, 2.45) is 0 Å². The van der Waals surface area contributed by atoms with Crippen molar-refractivity contribution in [2.45, 2.75) is 13.0 Å². The standard InChI is InChI=1S/C21H13ClF2N2O5S/c1-9(16-12(23)3-2-4-13(16)24)31-10-5-6-11(22)15(7-10)26-19(27)17-14(25-21(26)30)8-32-18(17)20(28)29/h2-9H,1H3,(H,25,30)(H,28,29). The van der Waals surface area contributed by atoms with E-state index in [0.717, 1.165) is 23.5 Å². The van der Waals surface area contributed by atoms with Gasteiger partial charge in [-0.2, -0.15) is 0 Å². The first-order valence-corrected chi connectivity index (χ1v) is 10.3. The summed E-state index contributed by atoms with van der Waals surface area (Å²) in [5.41, 5.74) is -2.00. The van der Waals surface area contributed by atoms with Crippen LogP contribution in [-0.2, 0) is 0 Å². The highest BCUT2D eigenvalue weighted by atomic mass is 35.5. The predicted octanol–water partition coefficient (Wildman–Crippen LogP) is 4.51. The minimum atomic E-state index is -1.32. The van der Waals surface area contributed by atoms with Crippen LogP contribution in [0.3, 0.4) is 0 Å². The lowest BCUT2D eigenvalue weighted by atomic mass is 10.1. The number of thiophene rings is 1. The van der Waals surface area contributed by atoms with Crippen LogP contribution in [0, 0.1) is 11.6 Å². The fraction of sp³-hybridized carbons (Fsp3) is 0.0952. The van der Waals surface area contributed by atoms with Gasteiger partial charge in [0, 0.05) is 11.4 Å². The molecule has 0 spiro atoms. The van der Waals surface area contributed by atoms with Gasteiger partial charge in [0.1, 0.15) is 28.4 Å². The Morgan fingerprint density at radius 1 is 1.22 bits per heavy atom. The van der Waals surface area contributed by atoms with Gasteiger partial charge in [0.25, 0.3) is 5.56 Å². The van der Waals surface area contributed by atoms with Gasteiger partial charge in [-0.25, -0.2) is 22.9 Å². The Balaban J connectivity index is 1.83. The third-order valence-electron chi connectivity index (χ3n) is 4.72. The van der Waals surface area contributed by atoms with Gasteiger partial charge >= 0.3 is 11.7 Å². The maximum Gasteiger partial charge on any atom is 0.346 e. The van der Waals surface area contributed by atoms with Crippen molar-refractivity contribution in [1.82, 2.24) is 9.55 Å². The number of benzene rings is 2. The second-order valence-electron chi connectivity index (χ2n) is 6.74. The SMILES string of the molecule is CC(Oc1ccc(Cl)c(-n2c(=O)[nH]c3csc(C(=O)O)c3c2=O)c1)c1c(F)cccc1F. The van der Waals surface area contributed by atoms with Crippen LogP contribution in [0.2, 0.25) is 5.02 Å².